The summed E-state index contributed by atoms with van der Waals surface area (Å²) in [5, 5.41) is 9.71. The Kier molecular flexibility index (Phi) is 2.48. The van der Waals surface area contributed by atoms with Gasteiger partial charge >= 0.3 is 0 Å². The van der Waals surface area contributed by atoms with Gasteiger partial charge in [0.25, 0.3) is 0 Å². The van der Waals surface area contributed by atoms with Crippen LogP contribution in [-0.4, -0.2) is 16.0 Å². The van der Waals surface area contributed by atoms with Gasteiger partial charge in [-0.3, -0.25) is 0 Å². The van der Waals surface area contributed by atoms with Gasteiger partial charge in [0, 0.05) is 4.83 Å². The van der Waals surface area contributed by atoms with E-state index in [1.807, 2.05) is 0 Å². The Morgan fingerprint density at radius 1 is 1.08 bits per heavy atom. The summed E-state index contributed by atoms with van der Waals surface area (Å²) in [5.41, 5.74) is 0. The molecule has 0 aliphatic heterocycles. The van der Waals surface area contributed by atoms with E-state index in [4.69, 9.17) is 0 Å². The lowest BCUT2D eigenvalue weighted by Gasteiger charge is -2.36. The summed E-state index contributed by atoms with van der Waals surface area (Å²) >= 11 is 3.73. The fourth-order valence-corrected chi connectivity index (χ4v) is 3.68. The Hall–Kier alpha value is 0.440. The summed E-state index contributed by atoms with van der Waals surface area (Å²) in [4.78, 5) is 0.698. The average Bonchev–Trinajstić information content (AvgIpc) is 2.41. The van der Waals surface area contributed by atoms with E-state index in [1.54, 1.807) is 0 Å². The van der Waals surface area contributed by atoms with E-state index in [9.17, 15) is 5.11 Å². The van der Waals surface area contributed by atoms with Crippen molar-refractivity contribution < 1.29 is 5.11 Å². The van der Waals surface area contributed by atoms with Crippen LogP contribution in [0.2, 0.25) is 0 Å². The minimum absolute atomic E-state index is 0.0115. The van der Waals surface area contributed by atoms with E-state index in [1.165, 1.54) is 19.3 Å². The van der Waals surface area contributed by atoms with Gasteiger partial charge in [0.1, 0.15) is 0 Å². The van der Waals surface area contributed by atoms with E-state index < -0.39 is 0 Å². The summed E-state index contributed by atoms with van der Waals surface area (Å²) < 4.78 is 0. The zero-order valence-electron chi connectivity index (χ0n) is 7.54. The molecule has 70 valence electrons. The topological polar surface area (TPSA) is 20.2 Å². The van der Waals surface area contributed by atoms with Crippen molar-refractivity contribution in [3.05, 3.63) is 0 Å². The number of alkyl halides is 1. The van der Waals surface area contributed by atoms with Crippen molar-refractivity contribution in [3.8, 4) is 0 Å². The minimum Gasteiger partial charge on any atom is -0.393 e. The molecule has 1 nitrogen and oxygen atoms in total. The van der Waals surface area contributed by atoms with E-state index in [-0.39, 0.29) is 6.10 Å². The molecule has 0 spiro atoms. The molecule has 5 unspecified atom stereocenters. The first-order valence-corrected chi connectivity index (χ1v) is 5.94. The molecular weight excluding hydrogens is 216 g/mol. The van der Waals surface area contributed by atoms with Gasteiger partial charge in [0.05, 0.1) is 6.10 Å². The molecule has 5 atom stereocenters. The molecule has 2 heteroatoms. The van der Waals surface area contributed by atoms with Gasteiger partial charge in [-0.05, 0) is 43.4 Å². The Morgan fingerprint density at radius 3 is 2.50 bits per heavy atom. The zero-order chi connectivity index (χ0) is 8.72. The van der Waals surface area contributed by atoms with Crippen LogP contribution >= 0.6 is 15.9 Å². The molecule has 0 bridgehead atoms. The number of halogens is 1. The predicted molar refractivity (Wildman–Crippen MR) is 53.3 cm³/mol. The number of hydrogen-bond acceptors (Lipinski definition) is 1. The zero-order valence-corrected chi connectivity index (χ0v) is 9.13. The number of hydrogen-bond donors (Lipinski definition) is 1. The molecule has 2 rings (SSSR count). The summed E-state index contributed by atoms with van der Waals surface area (Å²) in [6.07, 6.45) is 4.78. The van der Waals surface area contributed by atoms with Crippen molar-refractivity contribution in [1.29, 1.82) is 0 Å². The second kappa shape index (κ2) is 3.30. The lowest BCUT2D eigenvalue weighted by molar-refractivity contribution is 0.0801. The van der Waals surface area contributed by atoms with Gasteiger partial charge < -0.3 is 5.11 Å². The molecule has 2 saturated carbocycles. The molecule has 2 aliphatic rings. The standard InChI is InChI=1S/C10H17BrO/c1-6-7-3-5-10(12)8(7)2-4-9(6)11/h6-10,12H,2-5H2,1H3. The van der Waals surface area contributed by atoms with Crippen LogP contribution in [0.3, 0.4) is 0 Å². The first-order valence-electron chi connectivity index (χ1n) is 5.02. The summed E-state index contributed by atoms with van der Waals surface area (Å²) in [6.45, 7) is 2.33. The van der Waals surface area contributed by atoms with Crippen LogP contribution in [-0.2, 0) is 0 Å². The molecule has 2 fully saturated rings. The summed E-state index contributed by atoms with van der Waals surface area (Å²) in [5.74, 6) is 2.17. The maximum atomic E-state index is 9.71. The lowest BCUT2D eigenvalue weighted by Crippen LogP contribution is -2.33. The fourth-order valence-electron chi connectivity index (χ4n) is 3.02. The highest BCUT2D eigenvalue weighted by Crippen LogP contribution is 2.47. The Labute approximate surface area is 82.7 Å². The van der Waals surface area contributed by atoms with E-state index in [2.05, 4.69) is 22.9 Å². The third-order valence-electron chi connectivity index (χ3n) is 3.86. The third-order valence-corrected chi connectivity index (χ3v) is 5.15. The minimum atomic E-state index is 0.0115. The van der Waals surface area contributed by atoms with Crippen LogP contribution in [0.15, 0.2) is 0 Å². The molecule has 0 saturated heterocycles. The molecule has 0 heterocycles. The molecule has 0 aromatic carbocycles. The van der Waals surface area contributed by atoms with Gasteiger partial charge in [-0.15, -0.1) is 0 Å². The SMILES string of the molecule is CC1C(Br)CCC2C(O)CCC12. The van der Waals surface area contributed by atoms with Crippen LogP contribution < -0.4 is 0 Å². The third kappa shape index (κ3) is 1.33. The van der Waals surface area contributed by atoms with Gasteiger partial charge in [-0.25, -0.2) is 0 Å². The van der Waals surface area contributed by atoms with Crippen molar-refractivity contribution in [2.75, 3.05) is 0 Å². The lowest BCUT2D eigenvalue weighted by atomic mass is 9.74. The van der Waals surface area contributed by atoms with Crippen molar-refractivity contribution >= 4 is 15.9 Å². The Balaban J connectivity index is 2.09. The van der Waals surface area contributed by atoms with Crippen molar-refractivity contribution in [2.45, 2.75) is 43.5 Å². The highest BCUT2D eigenvalue weighted by Gasteiger charge is 2.42. The van der Waals surface area contributed by atoms with Crippen LogP contribution in [0, 0.1) is 17.8 Å². The first kappa shape index (κ1) is 9.01. The average molecular weight is 233 g/mol. The first-order chi connectivity index (χ1) is 5.70. The van der Waals surface area contributed by atoms with E-state index in [0.29, 0.717) is 10.7 Å². The Bertz CT molecular complexity index is 171. The van der Waals surface area contributed by atoms with Crippen LogP contribution in [0.25, 0.3) is 0 Å². The quantitative estimate of drug-likeness (QED) is 0.637. The summed E-state index contributed by atoms with van der Waals surface area (Å²) in [6, 6.07) is 0. The molecule has 0 aromatic heterocycles. The van der Waals surface area contributed by atoms with Crippen molar-refractivity contribution in [2.24, 2.45) is 17.8 Å². The van der Waals surface area contributed by atoms with Gasteiger partial charge in [-0.2, -0.15) is 0 Å². The van der Waals surface area contributed by atoms with E-state index >= 15 is 0 Å². The summed E-state index contributed by atoms with van der Waals surface area (Å²) in [7, 11) is 0. The molecule has 12 heavy (non-hydrogen) atoms. The highest BCUT2D eigenvalue weighted by molar-refractivity contribution is 9.09. The molecule has 2 aliphatic carbocycles. The monoisotopic (exact) mass is 232 g/mol. The second-order valence-corrected chi connectivity index (χ2v) is 5.60. The van der Waals surface area contributed by atoms with Crippen LogP contribution in [0.1, 0.15) is 32.6 Å². The molecule has 0 aromatic rings. The molecule has 0 radical (unpaired) electrons. The highest BCUT2D eigenvalue weighted by atomic mass is 79.9. The molecule has 1 N–H and O–H groups in total. The van der Waals surface area contributed by atoms with E-state index in [0.717, 1.165) is 18.3 Å². The van der Waals surface area contributed by atoms with Gasteiger partial charge in [0.15, 0.2) is 0 Å². The number of aliphatic hydroxyl groups is 1. The maximum absolute atomic E-state index is 9.71. The number of aliphatic hydroxyl groups excluding tert-OH is 1. The molecular formula is C10H17BrO. The van der Waals surface area contributed by atoms with Crippen LogP contribution in [0.4, 0.5) is 0 Å². The maximum Gasteiger partial charge on any atom is 0.0571 e. The smallest absolute Gasteiger partial charge is 0.0571 e. The number of rotatable bonds is 0. The van der Waals surface area contributed by atoms with Crippen molar-refractivity contribution in [1.82, 2.24) is 0 Å². The van der Waals surface area contributed by atoms with Gasteiger partial charge in [-0.1, -0.05) is 22.9 Å². The number of fused-ring (bicyclic) bond motifs is 1. The van der Waals surface area contributed by atoms with Crippen LogP contribution in [0.5, 0.6) is 0 Å². The largest absolute Gasteiger partial charge is 0.393 e. The fraction of sp³-hybridized carbons (Fsp3) is 1.00. The van der Waals surface area contributed by atoms with Crippen molar-refractivity contribution in [3.63, 3.8) is 0 Å². The molecule has 0 amide bonds. The second-order valence-electron chi connectivity index (χ2n) is 4.42. The Morgan fingerprint density at radius 2 is 1.75 bits per heavy atom. The van der Waals surface area contributed by atoms with Gasteiger partial charge in [0.2, 0.25) is 0 Å². The normalized spacial score (nSPS) is 53.8. The predicted octanol–water partition coefficient (Wildman–Crippen LogP) is 2.57.